The first kappa shape index (κ1) is 14.4. The maximum atomic E-state index is 12.2. The van der Waals surface area contributed by atoms with E-state index in [0.717, 1.165) is 49.8 Å². The van der Waals surface area contributed by atoms with Gasteiger partial charge in [-0.3, -0.25) is 4.79 Å². The van der Waals surface area contributed by atoms with Crippen molar-refractivity contribution in [3.8, 4) is 0 Å². The molecular weight excluding hydrogens is 258 g/mol. The van der Waals surface area contributed by atoms with E-state index < -0.39 is 0 Å². The Hall–Kier alpha value is -1.02. The molecule has 0 heterocycles. The van der Waals surface area contributed by atoms with Crippen LogP contribution in [0.4, 0.5) is 0 Å². The number of carbonyl (C=O) groups excluding carboxylic acids is 1. The van der Waals surface area contributed by atoms with E-state index in [1.54, 1.807) is 0 Å². The summed E-state index contributed by atoms with van der Waals surface area (Å²) >= 11 is 6.09. The molecule has 1 aliphatic rings. The summed E-state index contributed by atoms with van der Waals surface area (Å²) < 4.78 is 0. The van der Waals surface area contributed by atoms with Gasteiger partial charge >= 0.3 is 0 Å². The number of halogens is 1. The van der Waals surface area contributed by atoms with Crippen molar-refractivity contribution in [2.75, 3.05) is 6.54 Å². The number of hydrogen-bond donors (Lipinski definition) is 1. The fourth-order valence-corrected chi connectivity index (χ4v) is 2.96. The van der Waals surface area contributed by atoms with Gasteiger partial charge in [-0.1, -0.05) is 25.1 Å². The van der Waals surface area contributed by atoms with Gasteiger partial charge in [-0.15, -0.1) is 11.6 Å². The van der Waals surface area contributed by atoms with E-state index in [1.165, 1.54) is 0 Å². The fraction of sp³-hybridized carbons (Fsp3) is 0.562. The number of carbonyl (C=O) groups is 1. The predicted octanol–water partition coefficient (Wildman–Crippen LogP) is 3.78. The second-order valence-electron chi connectivity index (χ2n) is 5.34. The third kappa shape index (κ3) is 3.97. The largest absolute Gasteiger partial charge is 0.352 e. The highest BCUT2D eigenvalue weighted by molar-refractivity contribution is 6.20. The molecule has 0 aliphatic heterocycles. The van der Waals surface area contributed by atoms with Crippen LogP contribution in [0.25, 0.3) is 0 Å². The zero-order chi connectivity index (χ0) is 13.7. The minimum atomic E-state index is 0.0606. The summed E-state index contributed by atoms with van der Waals surface area (Å²) in [5.74, 6) is 0.651. The molecule has 0 atom stereocenters. The van der Waals surface area contributed by atoms with Crippen LogP contribution in [0.15, 0.2) is 24.3 Å². The zero-order valence-corrected chi connectivity index (χ0v) is 12.2. The molecule has 0 saturated heterocycles. The minimum Gasteiger partial charge on any atom is -0.352 e. The number of aryl methyl sites for hydroxylation is 1. The Labute approximate surface area is 120 Å². The lowest BCUT2D eigenvalue weighted by molar-refractivity contribution is 0.0943. The van der Waals surface area contributed by atoms with E-state index in [0.29, 0.717) is 11.3 Å². The van der Waals surface area contributed by atoms with Gasteiger partial charge < -0.3 is 5.32 Å². The van der Waals surface area contributed by atoms with Crippen molar-refractivity contribution in [3.63, 3.8) is 0 Å². The molecule has 104 valence electrons. The summed E-state index contributed by atoms with van der Waals surface area (Å²) in [6, 6.07) is 7.83. The first-order valence-corrected chi connectivity index (χ1v) is 7.64. The second-order valence-corrected chi connectivity index (χ2v) is 5.96. The van der Waals surface area contributed by atoms with Gasteiger partial charge in [0.05, 0.1) is 0 Å². The Morgan fingerprint density at radius 1 is 1.26 bits per heavy atom. The summed E-state index contributed by atoms with van der Waals surface area (Å²) in [7, 11) is 0. The predicted molar refractivity (Wildman–Crippen MR) is 79.8 cm³/mol. The van der Waals surface area contributed by atoms with Gasteiger partial charge in [0.15, 0.2) is 0 Å². The van der Waals surface area contributed by atoms with Crippen LogP contribution in [-0.4, -0.2) is 17.8 Å². The Balaban J connectivity index is 1.87. The molecule has 1 amide bonds. The van der Waals surface area contributed by atoms with Gasteiger partial charge in [0, 0.05) is 17.5 Å². The molecule has 2 nitrogen and oxygen atoms in total. The van der Waals surface area contributed by atoms with Crippen LogP contribution >= 0.6 is 11.6 Å². The topological polar surface area (TPSA) is 29.1 Å². The Kier molecular flexibility index (Phi) is 5.26. The molecule has 1 aromatic rings. The third-order valence-corrected chi connectivity index (χ3v) is 4.41. The van der Waals surface area contributed by atoms with Crippen molar-refractivity contribution in [2.24, 2.45) is 5.92 Å². The number of amides is 1. The van der Waals surface area contributed by atoms with Crippen LogP contribution in [0, 0.1) is 5.92 Å². The molecule has 0 radical (unpaired) electrons. The van der Waals surface area contributed by atoms with Gasteiger partial charge in [-0.25, -0.2) is 0 Å². The summed E-state index contributed by atoms with van der Waals surface area (Å²) in [5, 5.41) is 3.42. The first-order valence-electron chi connectivity index (χ1n) is 7.21. The molecular formula is C16H22ClNO. The molecule has 1 saturated carbocycles. The summed E-state index contributed by atoms with van der Waals surface area (Å²) in [4.78, 5) is 12.2. The third-order valence-electron chi connectivity index (χ3n) is 3.97. The number of hydrogen-bond acceptors (Lipinski definition) is 1. The average molecular weight is 280 g/mol. The highest BCUT2D eigenvalue weighted by Crippen LogP contribution is 2.27. The fourth-order valence-electron chi connectivity index (χ4n) is 2.71. The lowest BCUT2D eigenvalue weighted by Crippen LogP contribution is -2.31. The first-order chi connectivity index (χ1) is 9.20. The number of alkyl halides is 1. The van der Waals surface area contributed by atoms with Crippen molar-refractivity contribution in [2.45, 2.75) is 44.4 Å². The van der Waals surface area contributed by atoms with Gasteiger partial charge in [0.1, 0.15) is 0 Å². The van der Waals surface area contributed by atoms with Crippen molar-refractivity contribution in [3.05, 3.63) is 35.4 Å². The number of rotatable bonds is 4. The van der Waals surface area contributed by atoms with E-state index in [-0.39, 0.29) is 5.91 Å². The molecule has 0 unspecified atom stereocenters. The Bertz CT molecular complexity index is 425. The standard InChI is InChI=1S/C16H22ClNO/c1-2-13-5-3-4-6-15(13)16(19)18-11-12-7-9-14(17)10-8-12/h3-6,12,14H,2,7-11H2,1H3,(H,18,19). The summed E-state index contributed by atoms with van der Waals surface area (Å²) in [6.07, 6.45) is 5.30. The number of benzene rings is 1. The summed E-state index contributed by atoms with van der Waals surface area (Å²) in [5.41, 5.74) is 1.93. The van der Waals surface area contributed by atoms with Crippen LogP contribution in [0.1, 0.15) is 48.5 Å². The molecule has 1 aliphatic carbocycles. The molecule has 1 N–H and O–H groups in total. The van der Waals surface area contributed by atoms with E-state index in [2.05, 4.69) is 12.2 Å². The maximum Gasteiger partial charge on any atom is 0.251 e. The second kappa shape index (κ2) is 6.95. The zero-order valence-electron chi connectivity index (χ0n) is 11.5. The van der Waals surface area contributed by atoms with E-state index in [4.69, 9.17) is 11.6 Å². The van der Waals surface area contributed by atoms with Gasteiger partial charge in [0.25, 0.3) is 5.91 Å². The minimum absolute atomic E-state index is 0.0606. The van der Waals surface area contributed by atoms with Crippen LogP contribution in [0.3, 0.4) is 0 Å². The Morgan fingerprint density at radius 3 is 2.63 bits per heavy atom. The van der Waals surface area contributed by atoms with Gasteiger partial charge in [-0.05, 0) is 49.7 Å². The molecule has 19 heavy (non-hydrogen) atoms. The van der Waals surface area contributed by atoms with E-state index >= 15 is 0 Å². The van der Waals surface area contributed by atoms with Crippen LogP contribution in [0.5, 0.6) is 0 Å². The Morgan fingerprint density at radius 2 is 1.95 bits per heavy atom. The van der Waals surface area contributed by atoms with Crippen LogP contribution < -0.4 is 5.32 Å². The highest BCUT2D eigenvalue weighted by atomic mass is 35.5. The molecule has 0 spiro atoms. The molecule has 1 aromatic carbocycles. The number of nitrogens with one attached hydrogen (secondary N) is 1. The van der Waals surface area contributed by atoms with Crippen molar-refractivity contribution >= 4 is 17.5 Å². The highest BCUT2D eigenvalue weighted by Gasteiger charge is 2.20. The smallest absolute Gasteiger partial charge is 0.251 e. The lowest BCUT2D eigenvalue weighted by Gasteiger charge is -2.25. The molecule has 3 heteroatoms. The van der Waals surface area contributed by atoms with Crippen LogP contribution in [0.2, 0.25) is 0 Å². The average Bonchev–Trinajstić information content (AvgIpc) is 2.46. The van der Waals surface area contributed by atoms with Crippen molar-refractivity contribution < 1.29 is 4.79 Å². The molecule has 1 fully saturated rings. The summed E-state index contributed by atoms with van der Waals surface area (Å²) in [6.45, 7) is 2.86. The maximum absolute atomic E-state index is 12.2. The van der Waals surface area contributed by atoms with Gasteiger partial charge in [-0.2, -0.15) is 0 Å². The van der Waals surface area contributed by atoms with E-state index in [9.17, 15) is 4.79 Å². The molecule has 2 rings (SSSR count). The normalized spacial score (nSPS) is 23.1. The molecule has 0 aromatic heterocycles. The van der Waals surface area contributed by atoms with E-state index in [1.807, 2.05) is 24.3 Å². The SMILES string of the molecule is CCc1ccccc1C(=O)NCC1CCC(Cl)CC1. The van der Waals surface area contributed by atoms with Gasteiger partial charge in [0.2, 0.25) is 0 Å². The lowest BCUT2D eigenvalue weighted by atomic mass is 9.89. The quantitative estimate of drug-likeness (QED) is 0.835. The van der Waals surface area contributed by atoms with Crippen molar-refractivity contribution in [1.29, 1.82) is 0 Å². The van der Waals surface area contributed by atoms with Crippen molar-refractivity contribution in [1.82, 2.24) is 5.32 Å². The van der Waals surface area contributed by atoms with Crippen LogP contribution in [-0.2, 0) is 6.42 Å². The monoisotopic (exact) mass is 279 g/mol. The molecule has 0 bridgehead atoms.